The van der Waals surface area contributed by atoms with Gasteiger partial charge in [-0.3, -0.25) is 30.0 Å². The minimum atomic E-state index is -0.955. The molecule has 0 saturated carbocycles. The molecular formula is C18H15FN4O5. The Bertz CT molecular complexity index is 1150. The lowest BCUT2D eigenvalue weighted by atomic mass is 10.2. The van der Waals surface area contributed by atoms with Crippen molar-refractivity contribution in [2.75, 3.05) is 0 Å². The highest BCUT2D eigenvalue weighted by atomic mass is 19.1. The summed E-state index contributed by atoms with van der Waals surface area (Å²) in [5.41, 5.74) is 3.55. The number of nitrogens with one attached hydrogen (secondary N) is 4. The summed E-state index contributed by atoms with van der Waals surface area (Å²) < 4.78 is 18.2. The van der Waals surface area contributed by atoms with E-state index in [1.54, 1.807) is 0 Å². The third kappa shape index (κ3) is 4.23. The van der Waals surface area contributed by atoms with Crippen LogP contribution in [0, 0.1) is 5.82 Å². The lowest BCUT2D eigenvalue weighted by Crippen LogP contribution is -2.47. The molecule has 2 aromatic carbocycles. The monoisotopic (exact) mass is 386 g/mol. The smallest absolute Gasteiger partial charge is 0.314 e. The van der Waals surface area contributed by atoms with Gasteiger partial charge in [0, 0.05) is 5.56 Å². The molecule has 0 radical (unpaired) electrons. The zero-order chi connectivity index (χ0) is 20.3. The molecule has 3 rings (SSSR count). The van der Waals surface area contributed by atoms with Gasteiger partial charge in [-0.2, -0.15) is 0 Å². The number of hydrogen-bond donors (Lipinski definition) is 4. The number of fused-ring (bicyclic) bond motifs is 1. The maximum atomic E-state index is 12.9. The summed E-state index contributed by atoms with van der Waals surface area (Å²) in [5.74, 6) is -1.41. The van der Waals surface area contributed by atoms with Gasteiger partial charge < -0.3 is 14.7 Å². The van der Waals surface area contributed by atoms with Crippen molar-refractivity contribution in [3.8, 4) is 5.75 Å². The van der Waals surface area contributed by atoms with Crippen LogP contribution in [-0.2, 0) is 4.79 Å². The van der Waals surface area contributed by atoms with E-state index in [4.69, 9.17) is 4.74 Å². The highest BCUT2D eigenvalue weighted by Crippen LogP contribution is 2.13. The number of benzene rings is 2. The van der Waals surface area contributed by atoms with Crippen molar-refractivity contribution in [3.63, 3.8) is 0 Å². The molecule has 2 amide bonds. The van der Waals surface area contributed by atoms with E-state index in [-0.39, 0.29) is 11.1 Å². The zero-order valence-corrected chi connectivity index (χ0v) is 14.5. The second kappa shape index (κ2) is 7.74. The standard InChI is InChI=1S/C18H15FN4O5/c1-9(28-12-5-3-11(19)4-6-12)15(24)22-23-16(25)10-2-7-13-14(8-10)21-18(27)17(26)20-13/h2-9H,1H3,(H,20,26)(H,21,27)(H,22,24)(H,23,25). The highest BCUT2D eigenvalue weighted by Gasteiger charge is 2.16. The van der Waals surface area contributed by atoms with Crippen LogP contribution in [0.15, 0.2) is 52.1 Å². The molecular weight excluding hydrogens is 371 g/mol. The first kappa shape index (κ1) is 18.8. The molecule has 0 saturated heterocycles. The molecule has 3 aromatic rings. The number of rotatable bonds is 4. The van der Waals surface area contributed by atoms with Gasteiger partial charge in [-0.15, -0.1) is 0 Å². The summed E-state index contributed by atoms with van der Waals surface area (Å²) in [7, 11) is 0. The SMILES string of the molecule is CC(Oc1ccc(F)cc1)C(=O)NNC(=O)c1ccc2[nH]c(=O)c(=O)[nH]c2c1. The molecule has 9 nitrogen and oxygen atoms in total. The molecule has 0 aliphatic carbocycles. The number of carbonyl (C=O) groups excluding carboxylic acids is 2. The van der Waals surface area contributed by atoms with Crippen LogP contribution in [0.1, 0.15) is 17.3 Å². The van der Waals surface area contributed by atoms with Crippen molar-refractivity contribution >= 4 is 22.8 Å². The molecule has 10 heteroatoms. The minimum Gasteiger partial charge on any atom is -0.481 e. The average molecular weight is 386 g/mol. The van der Waals surface area contributed by atoms with Crippen LogP contribution < -0.4 is 26.7 Å². The molecule has 144 valence electrons. The fourth-order valence-corrected chi connectivity index (χ4v) is 2.32. The van der Waals surface area contributed by atoms with E-state index in [0.29, 0.717) is 11.3 Å². The van der Waals surface area contributed by atoms with Crippen LogP contribution in [0.2, 0.25) is 0 Å². The summed E-state index contributed by atoms with van der Waals surface area (Å²) in [6.07, 6.45) is -0.955. The van der Waals surface area contributed by atoms with E-state index >= 15 is 0 Å². The Hall–Kier alpha value is -3.95. The average Bonchev–Trinajstić information content (AvgIpc) is 2.68. The van der Waals surface area contributed by atoms with Gasteiger partial charge in [0.25, 0.3) is 11.8 Å². The topological polar surface area (TPSA) is 133 Å². The van der Waals surface area contributed by atoms with Gasteiger partial charge in [0.15, 0.2) is 6.10 Å². The van der Waals surface area contributed by atoms with Crippen LogP contribution in [0.25, 0.3) is 11.0 Å². The van der Waals surface area contributed by atoms with E-state index in [1.807, 2.05) is 0 Å². The molecule has 1 aromatic heterocycles. The summed E-state index contributed by atoms with van der Waals surface area (Å²) in [4.78, 5) is 51.6. The fourth-order valence-electron chi connectivity index (χ4n) is 2.32. The number of hydrogen-bond acceptors (Lipinski definition) is 5. The molecule has 1 atom stereocenters. The summed E-state index contributed by atoms with van der Waals surface area (Å²) in [6, 6.07) is 9.35. The van der Waals surface area contributed by atoms with Gasteiger partial charge in [0.2, 0.25) is 0 Å². The first-order valence-electron chi connectivity index (χ1n) is 8.12. The van der Waals surface area contributed by atoms with Gasteiger partial charge in [-0.1, -0.05) is 0 Å². The normalized spacial score (nSPS) is 11.6. The molecule has 0 aliphatic heterocycles. The van der Waals surface area contributed by atoms with E-state index in [9.17, 15) is 23.6 Å². The molecule has 0 fully saturated rings. The highest BCUT2D eigenvalue weighted by molar-refractivity contribution is 5.98. The van der Waals surface area contributed by atoms with Gasteiger partial charge in [-0.05, 0) is 49.4 Å². The lowest BCUT2D eigenvalue weighted by Gasteiger charge is -2.15. The van der Waals surface area contributed by atoms with Crippen LogP contribution >= 0.6 is 0 Å². The molecule has 4 N–H and O–H groups in total. The Morgan fingerprint density at radius 2 is 1.61 bits per heavy atom. The third-order valence-corrected chi connectivity index (χ3v) is 3.78. The van der Waals surface area contributed by atoms with E-state index in [0.717, 1.165) is 0 Å². The molecule has 0 aliphatic rings. The summed E-state index contributed by atoms with van der Waals surface area (Å²) in [6.45, 7) is 1.46. The Morgan fingerprint density at radius 3 is 2.29 bits per heavy atom. The maximum Gasteiger partial charge on any atom is 0.314 e. The Labute approximate surface area is 156 Å². The minimum absolute atomic E-state index is 0.141. The third-order valence-electron chi connectivity index (χ3n) is 3.78. The largest absolute Gasteiger partial charge is 0.481 e. The van der Waals surface area contributed by atoms with Gasteiger partial charge >= 0.3 is 11.1 Å². The second-order valence-corrected chi connectivity index (χ2v) is 5.83. The molecule has 1 heterocycles. The van der Waals surface area contributed by atoms with Crippen LogP contribution in [0.3, 0.4) is 0 Å². The van der Waals surface area contributed by atoms with Crippen molar-refractivity contribution in [3.05, 3.63) is 74.6 Å². The first-order chi connectivity index (χ1) is 13.3. The maximum absolute atomic E-state index is 12.9. The number of halogens is 1. The van der Waals surface area contributed by atoms with Crippen molar-refractivity contribution in [1.29, 1.82) is 0 Å². The fraction of sp³-hybridized carbons (Fsp3) is 0.111. The summed E-state index contributed by atoms with van der Waals surface area (Å²) in [5, 5.41) is 0. The van der Waals surface area contributed by atoms with Crippen LogP contribution in [0.4, 0.5) is 4.39 Å². The van der Waals surface area contributed by atoms with Crippen LogP contribution in [-0.4, -0.2) is 27.9 Å². The number of carbonyl (C=O) groups is 2. The van der Waals surface area contributed by atoms with Crippen molar-refractivity contribution in [2.24, 2.45) is 0 Å². The van der Waals surface area contributed by atoms with E-state index in [2.05, 4.69) is 20.8 Å². The second-order valence-electron chi connectivity index (χ2n) is 5.83. The van der Waals surface area contributed by atoms with E-state index in [1.165, 1.54) is 49.4 Å². The van der Waals surface area contributed by atoms with Gasteiger partial charge in [0.05, 0.1) is 11.0 Å². The van der Waals surface area contributed by atoms with Crippen molar-refractivity contribution in [2.45, 2.75) is 13.0 Å². The summed E-state index contributed by atoms with van der Waals surface area (Å²) >= 11 is 0. The number of aromatic amines is 2. The Balaban J connectivity index is 1.62. The molecule has 0 spiro atoms. The van der Waals surface area contributed by atoms with E-state index < -0.39 is 34.9 Å². The van der Waals surface area contributed by atoms with Crippen molar-refractivity contribution in [1.82, 2.24) is 20.8 Å². The number of ether oxygens (including phenoxy) is 1. The Morgan fingerprint density at radius 1 is 0.964 bits per heavy atom. The lowest BCUT2D eigenvalue weighted by molar-refractivity contribution is -0.128. The molecule has 28 heavy (non-hydrogen) atoms. The number of hydrazine groups is 1. The molecule has 0 bridgehead atoms. The number of H-pyrrole nitrogens is 2. The van der Waals surface area contributed by atoms with Crippen molar-refractivity contribution < 1.29 is 18.7 Å². The molecule has 1 unspecified atom stereocenters. The number of aromatic nitrogens is 2. The zero-order valence-electron chi connectivity index (χ0n) is 14.5. The van der Waals surface area contributed by atoms with Gasteiger partial charge in [-0.25, -0.2) is 4.39 Å². The number of amides is 2. The van der Waals surface area contributed by atoms with Crippen LogP contribution in [0.5, 0.6) is 5.75 Å². The van der Waals surface area contributed by atoms with Gasteiger partial charge in [0.1, 0.15) is 11.6 Å². The predicted octanol–water partition coefficient (Wildman–Crippen LogP) is 0.584. The quantitative estimate of drug-likeness (QED) is 0.385. The first-order valence-corrected chi connectivity index (χ1v) is 8.12. The predicted molar refractivity (Wildman–Crippen MR) is 97.3 cm³/mol. The Kier molecular flexibility index (Phi) is 5.21.